The minimum Gasteiger partial charge on any atom is -0.353 e. The summed E-state index contributed by atoms with van der Waals surface area (Å²) in [5.74, 6) is 0.234. The number of hydrogen-bond donors (Lipinski definition) is 3. The van der Waals surface area contributed by atoms with Crippen LogP contribution in [0.5, 0.6) is 0 Å². The number of H-pyrrole nitrogens is 2. The van der Waals surface area contributed by atoms with E-state index in [1.807, 2.05) is 30.5 Å². The van der Waals surface area contributed by atoms with Crippen molar-refractivity contribution in [3.8, 4) is 0 Å². The number of hydrogen-bond acceptors (Lipinski definition) is 4. The maximum absolute atomic E-state index is 11.9. The molecule has 0 spiro atoms. The summed E-state index contributed by atoms with van der Waals surface area (Å²) in [6, 6.07) is 10.2. The third-order valence-corrected chi connectivity index (χ3v) is 3.73. The van der Waals surface area contributed by atoms with E-state index >= 15 is 0 Å². The quantitative estimate of drug-likeness (QED) is 0.539. The summed E-state index contributed by atoms with van der Waals surface area (Å²) < 4.78 is 0. The number of aromatic amines is 2. The third kappa shape index (κ3) is 2.64. The van der Waals surface area contributed by atoms with Crippen LogP contribution in [0.4, 0.5) is 5.95 Å². The van der Waals surface area contributed by atoms with E-state index in [-0.39, 0.29) is 5.91 Å². The van der Waals surface area contributed by atoms with E-state index in [0.717, 1.165) is 27.5 Å². The number of carbonyl (C=O) groups excluding carboxylic acids is 1. The summed E-state index contributed by atoms with van der Waals surface area (Å²) in [5.41, 5.74) is 2.97. The van der Waals surface area contributed by atoms with Crippen LogP contribution in [-0.2, 0) is 11.2 Å². The number of rotatable bonds is 4. The molecular formula is C16H14N6O. The maximum atomic E-state index is 11.9. The number of fused-ring (bicyclic) bond motifs is 3. The molecule has 0 radical (unpaired) electrons. The largest absolute Gasteiger partial charge is 0.353 e. The monoisotopic (exact) mass is 306 g/mol. The maximum Gasteiger partial charge on any atom is 0.227 e. The van der Waals surface area contributed by atoms with E-state index in [2.05, 4.69) is 36.5 Å². The number of nitrogens with one attached hydrogen (secondary N) is 3. The first-order valence-electron chi connectivity index (χ1n) is 7.30. The summed E-state index contributed by atoms with van der Waals surface area (Å²) in [5, 5.41) is 11.2. The second-order valence-electron chi connectivity index (χ2n) is 5.27. The molecule has 4 rings (SSSR count). The van der Waals surface area contributed by atoms with Crippen LogP contribution in [0, 0.1) is 0 Å². The topological polar surface area (TPSA) is 99.3 Å². The van der Waals surface area contributed by atoms with Crippen molar-refractivity contribution in [2.45, 2.75) is 12.8 Å². The lowest BCUT2D eigenvalue weighted by Gasteiger charge is -2.02. The molecule has 0 atom stereocenters. The molecule has 114 valence electrons. The van der Waals surface area contributed by atoms with Gasteiger partial charge in [0.25, 0.3) is 0 Å². The molecule has 0 saturated carbocycles. The highest BCUT2D eigenvalue weighted by atomic mass is 16.1. The van der Waals surface area contributed by atoms with Crippen LogP contribution in [-0.4, -0.2) is 31.1 Å². The molecule has 3 N–H and O–H groups in total. The number of amides is 1. The number of carbonyl (C=O) groups is 1. The molecule has 4 aromatic rings. The van der Waals surface area contributed by atoms with Crippen LogP contribution >= 0.6 is 0 Å². The van der Waals surface area contributed by atoms with E-state index in [1.165, 1.54) is 6.33 Å². The molecule has 0 saturated heterocycles. The number of para-hydroxylation sites is 1. The van der Waals surface area contributed by atoms with E-state index < -0.39 is 0 Å². The molecule has 0 fully saturated rings. The highest BCUT2D eigenvalue weighted by Gasteiger charge is 2.08. The van der Waals surface area contributed by atoms with Gasteiger partial charge in [-0.15, -0.1) is 0 Å². The van der Waals surface area contributed by atoms with E-state index in [1.54, 1.807) is 0 Å². The first-order valence-corrected chi connectivity index (χ1v) is 7.30. The molecule has 0 unspecified atom stereocenters. The predicted octanol–water partition coefficient (Wildman–Crippen LogP) is 2.41. The Morgan fingerprint density at radius 1 is 1.13 bits per heavy atom. The minimum absolute atomic E-state index is 0.123. The van der Waals surface area contributed by atoms with Gasteiger partial charge in [-0.3, -0.25) is 15.1 Å². The van der Waals surface area contributed by atoms with Crippen molar-refractivity contribution in [1.82, 2.24) is 25.1 Å². The van der Waals surface area contributed by atoms with Crippen LogP contribution in [0.3, 0.4) is 0 Å². The van der Waals surface area contributed by atoms with Gasteiger partial charge in [0.15, 0.2) is 0 Å². The SMILES string of the molecule is O=C(CCc1cc2c(cn1)[nH]c1ccccc12)Nc1ncn[nH]1. The van der Waals surface area contributed by atoms with Gasteiger partial charge >= 0.3 is 0 Å². The van der Waals surface area contributed by atoms with Gasteiger partial charge < -0.3 is 4.98 Å². The Balaban J connectivity index is 1.52. The standard InChI is InChI=1S/C16H14N6O/c23-15(21-16-18-9-19-22-16)6-5-10-7-12-11-3-1-2-4-13(11)20-14(12)8-17-10/h1-4,7-9,20H,5-6H2,(H2,18,19,21,22,23). The Bertz CT molecular complexity index is 973. The van der Waals surface area contributed by atoms with Gasteiger partial charge in [-0.05, 0) is 18.6 Å². The van der Waals surface area contributed by atoms with Crippen LogP contribution in [0.15, 0.2) is 42.9 Å². The van der Waals surface area contributed by atoms with Crippen molar-refractivity contribution in [2.24, 2.45) is 0 Å². The number of pyridine rings is 1. The zero-order chi connectivity index (χ0) is 15.6. The van der Waals surface area contributed by atoms with Gasteiger partial charge in [-0.2, -0.15) is 10.1 Å². The average Bonchev–Trinajstić information content (AvgIpc) is 3.20. The second-order valence-corrected chi connectivity index (χ2v) is 5.27. The Labute approximate surface area is 131 Å². The number of nitrogens with zero attached hydrogens (tertiary/aromatic N) is 3. The van der Waals surface area contributed by atoms with E-state index in [9.17, 15) is 4.79 Å². The van der Waals surface area contributed by atoms with Crippen LogP contribution in [0.1, 0.15) is 12.1 Å². The fraction of sp³-hybridized carbons (Fsp3) is 0.125. The fourth-order valence-corrected chi connectivity index (χ4v) is 2.63. The molecule has 1 aromatic carbocycles. The lowest BCUT2D eigenvalue weighted by Crippen LogP contribution is -2.13. The lowest BCUT2D eigenvalue weighted by atomic mass is 10.1. The van der Waals surface area contributed by atoms with Crippen molar-refractivity contribution in [2.75, 3.05) is 5.32 Å². The van der Waals surface area contributed by atoms with Gasteiger partial charge in [0.1, 0.15) is 6.33 Å². The summed E-state index contributed by atoms with van der Waals surface area (Å²) in [6.07, 6.45) is 4.07. The molecule has 0 aliphatic heterocycles. The number of aryl methyl sites for hydroxylation is 1. The molecule has 0 aliphatic rings. The Morgan fingerprint density at radius 3 is 2.91 bits per heavy atom. The first kappa shape index (κ1) is 13.4. The average molecular weight is 306 g/mol. The first-order chi connectivity index (χ1) is 11.3. The zero-order valence-corrected chi connectivity index (χ0v) is 12.2. The second kappa shape index (κ2) is 5.53. The van der Waals surface area contributed by atoms with Crippen molar-refractivity contribution >= 4 is 33.7 Å². The summed E-state index contributed by atoms with van der Waals surface area (Å²) in [4.78, 5) is 23.5. The van der Waals surface area contributed by atoms with Gasteiger partial charge in [0.05, 0.1) is 11.7 Å². The predicted molar refractivity (Wildman–Crippen MR) is 86.9 cm³/mol. The molecular weight excluding hydrogens is 292 g/mol. The van der Waals surface area contributed by atoms with Gasteiger partial charge in [-0.25, -0.2) is 5.10 Å². The van der Waals surface area contributed by atoms with Crippen molar-refractivity contribution in [3.05, 3.63) is 48.5 Å². The van der Waals surface area contributed by atoms with E-state index in [0.29, 0.717) is 18.8 Å². The number of aromatic nitrogens is 5. The highest BCUT2D eigenvalue weighted by Crippen LogP contribution is 2.25. The fourth-order valence-electron chi connectivity index (χ4n) is 2.63. The van der Waals surface area contributed by atoms with Gasteiger partial charge in [-0.1, -0.05) is 18.2 Å². The summed E-state index contributed by atoms with van der Waals surface area (Å²) in [7, 11) is 0. The van der Waals surface area contributed by atoms with Crippen molar-refractivity contribution in [3.63, 3.8) is 0 Å². The van der Waals surface area contributed by atoms with Gasteiger partial charge in [0.2, 0.25) is 11.9 Å². The summed E-state index contributed by atoms with van der Waals surface area (Å²) >= 11 is 0. The Hall–Kier alpha value is -3.22. The molecule has 3 heterocycles. The van der Waals surface area contributed by atoms with E-state index in [4.69, 9.17) is 0 Å². The third-order valence-electron chi connectivity index (χ3n) is 3.73. The summed E-state index contributed by atoms with van der Waals surface area (Å²) in [6.45, 7) is 0. The molecule has 7 heteroatoms. The molecule has 0 aliphatic carbocycles. The molecule has 7 nitrogen and oxygen atoms in total. The van der Waals surface area contributed by atoms with Crippen molar-refractivity contribution in [1.29, 1.82) is 0 Å². The molecule has 0 bridgehead atoms. The Kier molecular flexibility index (Phi) is 3.23. The Morgan fingerprint density at radius 2 is 2.04 bits per heavy atom. The van der Waals surface area contributed by atoms with Gasteiger partial charge in [0, 0.05) is 28.4 Å². The molecule has 23 heavy (non-hydrogen) atoms. The van der Waals surface area contributed by atoms with Crippen LogP contribution in [0.25, 0.3) is 21.8 Å². The number of anilines is 1. The minimum atomic E-state index is -0.123. The highest BCUT2D eigenvalue weighted by molar-refractivity contribution is 6.06. The smallest absolute Gasteiger partial charge is 0.227 e. The molecule has 1 amide bonds. The molecule has 3 aromatic heterocycles. The number of benzene rings is 1. The van der Waals surface area contributed by atoms with Crippen molar-refractivity contribution < 1.29 is 4.79 Å². The van der Waals surface area contributed by atoms with Crippen LogP contribution in [0.2, 0.25) is 0 Å². The lowest BCUT2D eigenvalue weighted by molar-refractivity contribution is -0.116. The normalized spacial score (nSPS) is 11.1. The van der Waals surface area contributed by atoms with Crippen LogP contribution < -0.4 is 5.32 Å². The zero-order valence-electron chi connectivity index (χ0n) is 12.2.